The largest absolute Gasteiger partial charge is 0.290 e. The molecule has 0 aromatic heterocycles. The molecule has 0 spiro atoms. The molecule has 0 radical (unpaired) electrons. The minimum absolute atomic E-state index is 0.301. The van der Waals surface area contributed by atoms with Crippen molar-refractivity contribution in [2.75, 3.05) is 0 Å². The molecule has 1 amide bonds. The number of nitrogens with one attached hydrogen (secondary N) is 1. The molecular weight excluding hydrogens is 186 g/mol. The van der Waals surface area contributed by atoms with Gasteiger partial charge in [0.2, 0.25) is 0 Å². The summed E-state index contributed by atoms with van der Waals surface area (Å²) in [5.41, 5.74) is 1.98. The van der Waals surface area contributed by atoms with Gasteiger partial charge in [0.1, 0.15) is 0 Å². The van der Waals surface area contributed by atoms with E-state index in [0.29, 0.717) is 4.91 Å². The van der Waals surface area contributed by atoms with Crippen LogP contribution < -0.4 is 11.3 Å². The molecule has 0 aromatic carbocycles. The summed E-state index contributed by atoms with van der Waals surface area (Å²) in [6.45, 7) is 5.61. The molecule has 3 N–H and O–H groups in total. The zero-order chi connectivity index (χ0) is 10.1. The third-order valence-corrected chi connectivity index (χ3v) is 1.97. The molecule has 0 atom stereocenters. The fourth-order valence-corrected chi connectivity index (χ4v) is 1.02. The van der Waals surface area contributed by atoms with Crippen molar-refractivity contribution in [3.63, 3.8) is 0 Å². The van der Waals surface area contributed by atoms with Crippen LogP contribution in [0.2, 0.25) is 0 Å². The number of hydrazine groups is 1. The van der Waals surface area contributed by atoms with Gasteiger partial charge in [-0.05, 0) is 12.8 Å². The number of hydrogen-bond donors (Lipinski definition) is 2. The lowest BCUT2D eigenvalue weighted by atomic mass is 10.3. The van der Waals surface area contributed by atoms with E-state index in [1.54, 1.807) is 6.21 Å². The van der Waals surface area contributed by atoms with Gasteiger partial charge in [0.05, 0.1) is 4.91 Å². The fraction of sp³-hybridized carbons (Fsp3) is 0.500. The summed E-state index contributed by atoms with van der Waals surface area (Å²) >= 11 is 1.04. The summed E-state index contributed by atoms with van der Waals surface area (Å²) in [4.78, 5) is 11.1. The van der Waals surface area contributed by atoms with Gasteiger partial charge in [0.15, 0.2) is 0 Å². The van der Waals surface area contributed by atoms with Gasteiger partial charge in [-0.15, -0.1) is 0 Å². The molecule has 13 heavy (non-hydrogen) atoms. The van der Waals surface area contributed by atoms with Gasteiger partial charge in [-0.2, -0.15) is 0 Å². The van der Waals surface area contributed by atoms with Crippen molar-refractivity contribution < 1.29 is 4.79 Å². The van der Waals surface area contributed by atoms with E-state index in [0.717, 1.165) is 31.2 Å². The van der Waals surface area contributed by atoms with E-state index in [2.05, 4.69) is 17.9 Å². The maximum Gasteiger partial charge on any atom is 0.272 e. The molecular formula is C8H15N3OS. The number of amides is 1. The van der Waals surface area contributed by atoms with Gasteiger partial charge in [0.25, 0.3) is 5.91 Å². The van der Waals surface area contributed by atoms with Gasteiger partial charge in [-0.25, -0.2) is 10.2 Å². The van der Waals surface area contributed by atoms with Crippen LogP contribution in [0.15, 0.2) is 15.9 Å². The van der Waals surface area contributed by atoms with Crippen molar-refractivity contribution in [1.29, 1.82) is 0 Å². The number of nitrogens with two attached hydrogens (primary N) is 1. The van der Waals surface area contributed by atoms with E-state index >= 15 is 0 Å². The molecule has 5 heteroatoms. The molecule has 74 valence electrons. The molecule has 0 heterocycles. The first-order valence-electron chi connectivity index (χ1n) is 4.11. The van der Waals surface area contributed by atoms with Gasteiger partial charge >= 0.3 is 0 Å². The number of rotatable bonds is 6. The molecule has 0 fully saturated rings. The highest BCUT2D eigenvalue weighted by molar-refractivity contribution is 8.02. The van der Waals surface area contributed by atoms with Crippen LogP contribution in [-0.2, 0) is 4.79 Å². The molecule has 0 rings (SSSR count). The van der Waals surface area contributed by atoms with Crippen molar-refractivity contribution in [2.24, 2.45) is 10.2 Å². The molecule has 0 saturated carbocycles. The second kappa shape index (κ2) is 7.82. The Morgan fingerprint density at radius 1 is 1.77 bits per heavy atom. The normalized spacial score (nSPS) is 10.3. The molecule has 0 aliphatic carbocycles. The molecule has 0 aliphatic heterocycles. The highest BCUT2D eigenvalue weighted by atomic mass is 32.2. The third kappa shape index (κ3) is 6.36. The average Bonchev–Trinajstić information content (AvgIpc) is 2.16. The van der Waals surface area contributed by atoms with Crippen LogP contribution in [0.1, 0.15) is 26.2 Å². The lowest BCUT2D eigenvalue weighted by Crippen LogP contribution is -2.30. The van der Waals surface area contributed by atoms with E-state index in [1.165, 1.54) is 0 Å². The molecule has 0 unspecified atom stereocenters. The van der Waals surface area contributed by atoms with E-state index in [-0.39, 0.29) is 0 Å². The minimum atomic E-state index is -0.391. The number of hydrogen-bond acceptors (Lipinski definition) is 4. The van der Waals surface area contributed by atoms with Gasteiger partial charge < -0.3 is 0 Å². The monoisotopic (exact) mass is 201 g/mol. The zero-order valence-corrected chi connectivity index (χ0v) is 8.56. The second-order valence-electron chi connectivity index (χ2n) is 2.42. The third-order valence-electron chi connectivity index (χ3n) is 1.31. The van der Waals surface area contributed by atoms with Crippen molar-refractivity contribution >= 4 is 24.1 Å². The highest BCUT2D eigenvalue weighted by Crippen LogP contribution is 2.13. The van der Waals surface area contributed by atoms with Crippen molar-refractivity contribution in [1.82, 2.24) is 5.43 Å². The Hall–Kier alpha value is -0.810. The van der Waals surface area contributed by atoms with Crippen LogP contribution in [0.5, 0.6) is 0 Å². The topological polar surface area (TPSA) is 67.5 Å². The minimum Gasteiger partial charge on any atom is -0.290 e. The first-order valence-corrected chi connectivity index (χ1v) is 4.88. The zero-order valence-electron chi connectivity index (χ0n) is 7.75. The van der Waals surface area contributed by atoms with Crippen LogP contribution >= 0.6 is 11.9 Å². The lowest BCUT2D eigenvalue weighted by molar-refractivity contribution is -0.116. The standard InChI is InChI=1S/C8H15N3OS/c1-3-4-5-6-10-13-7(2)8(12)11-9/h6H,2-5,9H2,1H3,(H,11,12)/b10-6-. The maximum absolute atomic E-state index is 10.8. The van der Waals surface area contributed by atoms with E-state index in [9.17, 15) is 4.79 Å². The molecule has 4 nitrogen and oxygen atoms in total. The quantitative estimate of drug-likeness (QED) is 0.130. The predicted molar refractivity (Wildman–Crippen MR) is 57.1 cm³/mol. The Balaban J connectivity index is 3.57. The van der Waals surface area contributed by atoms with Gasteiger partial charge in [-0.1, -0.05) is 19.9 Å². The molecule has 0 bridgehead atoms. The first kappa shape index (κ1) is 12.2. The van der Waals surface area contributed by atoms with E-state index < -0.39 is 5.91 Å². The first-order chi connectivity index (χ1) is 6.22. The van der Waals surface area contributed by atoms with Crippen LogP contribution in [0.25, 0.3) is 0 Å². The summed E-state index contributed by atoms with van der Waals surface area (Å²) in [5, 5.41) is 0. The van der Waals surface area contributed by atoms with Crippen LogP contribution in [-0.4, -0.2) is 12.1 Å². The lowest BCUT2D eigenvalue weighted by Gasteiger charge is -1.97. The van der Waals surface area contributed by atoms with Crippen LogP contribution in [0.3, 0.4) is 0 Å². The smallest absolute Gasteiger partial charge is 0.272 e. The predicted octanol–water partition coefficient (Wildman–Crippen LogP) is 1.40. The Morgan fingerprint density at radius 3 is 3.00 bits per heavy atom. The van der Waals surface area contributed by atoms with E-state index in [4.69, 9.17) is 5.84 Å². The van der Waals surface area contributed by atoms with Crippen molar-refractivity contribution in [3.8, 4) is 0 Å². The van der Waals surface area contributed by atoms with Gasteiger partial charge in [0, 0.05) is 18.2 Å². The second-order valence-corrected chi connectivity index (χ2v) is 3.30. The van der Waals surface area contributed by atoms with Crippen LogP contribution in [0, 0.1) is 0 Å². The number of unbranched alkanes of at least 4 members (excludes halogenated alkanes) is 2. The Kier molecular flexibility index (Phi) is 7.33. The van der Waals surface area contributed by atoms with Gasteiger partial charge in [-0.3, -0.25) is 10.2 Å². The summed E-state index contributed by atoms with van der Waals surface area (Å²) in [6, 6.07) is 0. The Morgan fingerprint density at radius 2 is 2.46 bits per heavy atom. The van der Waals surface area contributed by atoms with E-state index in [1.807, 2.05) is 5.43 Å². The highest BCUT2D eigenvalue weighted by Gasteiger charge is 2.02. The summed E-state index contributed by atoms with van der Waals surface area (Å²) < 4.78 is 3.95. The molecule has 0 saturated heterocycles. The summed E-state index contributed by atoms with van der Waals surface area (Å²) in [6.07, 6.45) is 4.96. The van der Waals surface area contributed by atoms with Crippen molar-refractivity contribution in [2.45, 2.75) is 26.2 Å². The summed E-state index contributed by atoms with van der Waals surface area (Å²) in [5.74, 6) is 4.51. The average molecular weight is 201 g/mol. The SMILES string of the molecule is C=C(S/N=C\CCCC)C(=O)NN. The maximum atomic E-state index is 10.8. The van der Waals surface area contributed by atoms with Crippen LogP contribution in [0.4, 0.5) is 0 Å². The number of carbonyl (C=O) groups is 1. The number of nitrogens with zero attached hydrogens (tertiary/aromatic N) is 1. The van der Waals surface area contributed by atoms with Crippen molar-refractivity contribution in [3.05, 3.63) is 11.5 Å². The summed E-state index contributed by atoms with van der Waals surface area (Å²) in [7, 11) is 0. The number of carbonyl (C=O) groups excluding carboxylic acids is 1. The Labute approximate surface area is 82.8 Å². The fourth-order valence-electron chi connectivity index (χ4n) is 0.571. The Bertz CT molecular complexity index is 204. The molecule has 0 aliphatic rings. The molecule has 0 aromatic rings.